The predicted octanol–water partition coefficient (Wildman–Crippen LogP) is 3.38. The quantitative estimate of drug-likeness (QED) is 0.842. The highest BCUT2D eigenvalue weighted by atomic mass is 15.1. The van der Waals surface area contributed by atoms with E-state index in [9.17, 15) is 0 Å². The average Bonchev–Trinajstić information content (AvgIpc) is 2.41. The topological polar surface area (TPSA) is 29.0 Å². The highest BCUT2D eigenvalue weighted by Gasteiger charge is 2.08. The number of hydrogen-bond acceptors (Lipinski definition) is 3. The molecule has 0 unspecified atom stereocenters. The van der Waals surface area contributed by atoms with E-state index in [0.29, 0.717) is 6.04 Å². The van der Waals surface area contributed by atoms with Crippen LogP contribution in [0.15, 0.2) is 30.5 Å². The summed E-state index contributed by atoms with van der Waals surface area (Å²) in [6, 6.07) is 8.98. The number of aryl methyl sites for hydroxylation is 2. The van der Waals surface area contributed by atoms with Crippen molar-refractivity contribution < 1.29 is 0 Å². The zero-order valence-electron chi connectivity index (χ0n) is 12.3. The molecule has 0 spiro atoms. The van der Waals surface area contributed by atoms with Gasteiger partial charge in [-0.15, -0.1) is 0 Å². The minimum atomic E-state index is 0.417. The molecule has 0 aliphatic rings. The maximum absolute atomic E-state index is 4.58. The van der Waals surface area contributed by atoms with E-state index in [1.807, 2.05) is 20.0 Å². The largest absolute Gasteiger partial charge is 0.303 e. The first-order chi connectivity index (χ1) is 8.99. The fourth-order valence-corrected chi connectivity index (χ4v) is 1.91. The first kappa shape index (κ1) is 13.7. The van der Waals surface area contributed by atoms with Gasteiger partial charge >= 0.3 is 0 Å². The van der Waals surface area contributed by atoms with Crippen molar-refractivity contribution >= 4 is 0 Å². The minimum absolute atomic E-state index is 0.417. The lowest BCUT2D eigenvalue weighted by Crippen LogP contribution is -2.16. The Kier molecular flexibility index (Phi) is 3.96. The maximum Gasteiger partial charge on any atom is 0.0888 e. The van der Waals surface area contributed by atoms with Crippen LogP contribution in [0.2, 0.25) is 0 Å². The number of hydrogen-bond donors (Lipinski definition) is 0. The molecule has 0 aliphatic heterocycles. The third kappa shape index (κ3) is 2.99. The Balaban J connectivity index is 2.29. The van der Waals surface area contributed by atoms with Crippen molar-refractivity contribution in [2.24, 2.45) is 0 Å². The van der Waals surface area contributed by atoms with Gasteiger partial charge in [0.1, 0.15) is 0 Å². The highest BCUT2D eigenvalue weighted by Crippen LogP contribution is 2.22. The lowest BCUT2D eigenvalue weighted by atomic mass is 10.0. The molecule has 1 heterocycles. The Bertz CT molecular complexity index is 559. The van der Waals surface area contributed by atoms with Crippen molar-refractivity contribution in [1.82, 2.24) is 14.9 Å². The van der Waals surface area contributed by atoms with Crippen LogP contribution in [0.5, 0.6) is 0 Å². The molecule has 0 N–H and O–H groups in total. The lowest BCUT2D eigenvalue weighted by Gasteiger charge is -2.20. The van der Waals surface area contributed by atoms with Gasteiger partial charge in [0.05, 0.1) is 23.3 Å². The van der Waals surface area contributed by atoms with Gasteiger partial charge in [0.25, 0.3) is 0 Å². The summed E-state index contributed by atoms with van der Waals surface area (Å²) in [5.74, 6) is 0. The smallest absolute Gasteiger partial charge is 0.0888 e. The zero-order valence-corrected chi connectivity index (χ0v) is 12.3. The van der Waals surface area contributed by atoms with Crippen LogP contribution in [-0.2, 0) is 0 Å². The molecule has 0 saturated carbocycles. The molecule has 0 fully saturated rings. The molecule has 0 radical (unpaired) electrons. The summed E-state index contributed by atoms with van der Waals surface area (Å²) in [6.07, 6.45) is 1.84. The van der Waals surface area contributed by atoms with Crippen LogP contribution >= 0.6 is 0 Å². The molecule has 19 heavy (non-hydrogen) atoms. The Morgan fingerprint density at radius 1 is 1.00 bits per heavy atom. The van der Waals surface area contributed by atoms with Crippen molar-refractivity contribution in [2.45, 2.75) is 26.8 Å². The molecule has 1 aromatic heterocycles. The molecular formula is C16H21N3. The van der Waals surface area contributed by atoms with E-state index in [4.69, 9.17) is 0 Å². The lowest BCUT2D eigenvalue weighted by molar-refractivity contribution is 0.321. The van der Waals surface area contributed by atoms with Crippen LogP contribution in [0.25, 0.3) is 11.3 Å². The van der Waals surface area contributed by atoms with E-state index in [0.717, 1.165) is 22.6 Å². The van der Waals surface area contributed by atoms with Crippen LogP contribution in [0.1, 0.15) is 29.9 Å². The van der Waals surface area contributed by atoms with E-state index >= 15 is 0 Å². The summed E-state index contributed by atoms with van der Waals surface area (Å²) < 4.78 is 0. The molecule has 0 bridgehead atoms. The summed E-state index contributed by atoms with van der Waals surface area (Å²) >= 11 is 0. The fourth-order valence-electron chi connectivity index (χ4n) is 1.91. The van der Waals surface area contributed by atoms with Crippen molar-refractivity contribution in [3.8, 4) is 11.3 Å². The predicted molar refractivity (Wildman–Crippen MR) is 79.0 cm³/mol. The first-order valence-electron chi connectivity index (χ1n) is 6.56. The Hall–Kier alpha value is -1.74. The maximum atomic E-state index is 4.58. The number of nitrogens with zero attached hydrogens (tertiary/aromatic N) is 3. The summed E-state index contributed by atoms with van der Waals surface area (Å²) in [4.78, 5) is 11.1. The van der Waals surface area contributed by atoms with Gasteiger partial charge in [-0.2, -0.15) is 0 Å². The van der Waals surface area contributed by atoms with Crippen molar-refractivity contribution in [3.63, 3.8) is 0 Å². The van der Waals surface area contributed by atoms with Gasteiger partial charge in [0, 0.05) is 11.6 Å². The molecule has 0 amide bonds. The molecule has 100 valence electrons. The highest BCUT2D eigenvalue weighted by molar-refractivity contribution is 5.58. The Morgan fingerprint density at radius 3 is 2.16 bits per heavy atom. The van der Waals surface area contributed by atoms with Gasteiger partial charge in [0.2, 0.25) is 0 Å². The summed E-state index contributed by atoms with van der Waals surface area (Å²) in [5, 5.41) is 0. The van der Waals surface area contributed by atoms with E-state index in [2.05, 4.69) is 60.2 Å². The van der Waals surface area contributed by atoms with Gasteiger partial charge in [-0.3, -0.25) is 4.98 Å². The SMILES string of the molecule is Cc1ncc(-c2ccc([C@@H](C)N(C)C)cc2)nc1C. The van der Waals surface area contributed by atoms with Crippen LogP contribution in [0.4, 0.5) is 0 Å². The second-order valence-electron chi connectivity index (χ2n) is 5.19. The number of rotatable bonds is 3. The fraction of sp³-hybridized carbons (Fsp3) is 0.375. The molecule has 3 nitrogen and oxygen atoms in total. The Labute approximate surface area is 115 Å². The summed E-state index contributed by atoms with van der Waals surface area (Å²) in [5.41, 5.74) is 5.34. The van der Waals surface area contributed by atoms with Gasteiger partial charge in [-0.05, 0) is 40.4 Å². The number of benzene rings is 1. The van der Waals surface area contributed by atoms with Crippen LogP contribution in [-0.4, -0.2) is 29.0 Å². The molecule has 1 atom stereocenters. The van der Waals surface area contributed by atoms with Crippen molar-refractivity contribution in [3.05, 3.63) is 47.4 Å². The second-order valence-corrected chi connectivity index (χ2v) is 5.19. The van der Waals surface area contributed by atoms with E-state index < -0.39 is 0 Å². The molecule has 0 saturated heterocycles. The summed E-state index contributed by atoms with van der Waals surface area (Å²) in [7, 11) is 4.18. The second kappa shape index (κ2) is 5.49. The van der Waals surface area contributed by atoms with E-state index in [1.165, 1.54) is 5.56 Å². The minimum Gasteiger partial charge on any atom is -0.303 e. The van der Waals surface area contributed by atoms with Gasteiger partial charge in [-0.25, -0.2) is 4.98 Å². The zero-order chi connectivity index (χ0) is 14.0. The third-order valence-corrected chi connectivity index (χ3v) is 3.66. The Morgan fingerprint density at radius 2 is 1.63 bits per heavy atom. The molecule has 2 aromatic rings. The standard InChI is InChI=1S/C16H21N3/c1-11-12(2)18-16(10-17-11)15-8-6-14(7-9-15)13(3)19(4)5/h6-10,13H,1-5H3/t13-/m1/s1. The number of aromatic nitrogens is 2. The van der Waals surface area contributed by atoms with E-state index in [-0.39, 0.29) is 0 Å². The van der Waals surface area contributed by atoms with Crippen molar-refractivity contribution in [2.75, 3.05) is 14.1 Å². The molecule has 2 rings (SSSR count). The van der Waals surface area contributed by atoms with Crippen molar-refractivity contribution in [1.29, 1.82) is 0 Å². The molecule has 3 heteroatoms. The molecule has 1 aromatic carbocycles. The summed E-state index contributed by atoms with van der Waals surface area (Å²) in [6.45, 7) is 6.17. The van der Waals surface area contributed by atoms with Gasteiger partial charge < -0.3 is 4.90 Å². The van der Waals surface area contributed by atoms with Gasteiger partial charge in [0.15, 0.2) is 0 Å². The molecule has 0 aliphatic carbocycles. The van der Waals surface area contributed by atoms with Crippen LogP contribution < -0.4 is 0 Å². The average molecular weight is 255 g/mol. The molecular weight excluding hydrogens is 234 g/mol. The third-order valence-electron chi connectivity index (χ3n) is 3.66. The van der Waals surface area contributed by atoms with Crippen LogP contribution in [0.3, 0.4) is 0 Å². The van der Waals surface area contributed by atoms with Crippen LogP contribution in [0, 0.1) is 13.8 Å². The normalized spacial score (nSPS) is 12.7. The van der Waals surface area contributed by atoms with Gasteiger partial charge in [-0.1, -0.05) is 24.3 Å². The first-order valence-corrected chi connectivity index (χ1v) is 6.56. The monoisotopic (exact) mass is 255 g/mol. The van der Waals surface area contributed by atoms with E-state index in [1.54, 1.807) is 0 Å².